The lowest BCUT2D eigenvalue weighted by molar-refractivity contribution is -0.123. The third-order valence-electron chi connectivity index (χ3n) is 3.20. The summed E-state index contributed by atoms with van der Waals surface area (Å²) in [4.78, 5) is 34.8. The number of hydrogen-bond acceptors (Lipinski definition) is 6. The van der Waals surface area contributed by atoms with E-state index >= 15 is 0 Å². The molecule has 138 valence electrons. The third-order valence-corrected chi connectivity index (χ3v) is 4.05. The highest BCUT2D eigenvalue weighted by Crippen LogP contribution is 2.09. The largest absolute Gasteiger partial charge is 0.452 e. The van der Waals surface area contributed by atoms with Gasteiger partial charge in [-0.1, -0.05) is 19.1 Å². The molecule has 25 heavy (non-hydrogen) atoms. The van der Waals surface area contributed by atoms with E-state index in [0.717, 1.165) is 6.26 Å². The van der Waals surface area contributed by atoms with Gasteiger partial charge in [0.2, 0.25) is 0 Å². The van der Waals surface area contributed by atoms with Crippen LogP contribution in [-0.4, -0.2) is 45.2 Å². The van der Waals surface area contributed by atoms with Crippen molar-refractivity contribution >= 4 is 27.7 Å². The van der Waals surface area contributed by atoms with Crippen LogP contribution in [0.5, 0.6) is 0 Å². The average Bonchev–Trinajstić information content (AvgIpc) is 2.51. The third kappa shape index (κ3) is 8.30. The van der Waals surface area contributed by atoms with Gasteiger partial charge >= 0.3 is 12.0 Å². The van der Waals surface area contributed by atoms with Crippen LogP contribution in [0.15, 0.2) is 24.3 Å². The molecule has 3 amide bonds. The van der Waals surface area contributed by atoms with E-state index in [0.29, 0.717) is 12.0 Å². The van der Waals surface area contributed by atoms with E-state index in [1.807, 2.05) is 6.92 Å². The summed E-state index contributed by atoms with van der Waals surface area (Å²) >= 11 is 0. The molecule has 8 nitrogen and oxygen atoms in total. The summed E-state index contributed by atoms with van der Waals surface area (Å²) < 4.78 is 27.2. The minimum absolute atomic E-state index is 0.0826. The Morgan fingerprint density at radius 1 is 1.16 bits per heavy atom. The van der Waals surface area contributed by atoms with Crippen LogP contribution in [0.2, 0.25) is 0 Å². The SMILES string of the molecule is CC[C@H](C)NC(=O)NC(=O)COC(=O)c1ccc(CS(C)(=O)=O)cc1. The number of benzene rings is 1. The van der Waals surface area contributed by atoms with Crippen molar-refractivity contribution in [2.45, 2.75) is 32.1 Å². The molecule has 0 saturated heterocycles. The van der Waals surface area contributed by atoms with Gasteiger partial charge in [-0.05, 0) is 31.0 Å². The van der Waals surface area contributed by atoms with E-state index < -0.39 is 34.4 Å². The topological polar surface area (TPSA) is 119 Å². The van der Waals surface area contributed by atoms with Crippen molar-refractivity contribution in [1.82, 2.24) is 10.6 Å². The zero-order chi connectivity index (χ0) is 19.0. The fourth-order valence-electron chi connectivity index (χ4n) is 1.78. The van der Waals surface area contributed by atoms with Crippen LogP contribution in [-0.2, 0) is 25.1 Å². The molecule has 1 aromatic carbocycles. The Hall–Kier alpha value is -2.42. The molecule has 0 radical (unpaired) electrons. The molecule has 0 unspecified atom stereocenters. The maximum absolute atomic E-state index is 11.8. The quantitative estimate of drug-likeness (QED) is 0.692. The Bertz CT molecular complexity index is 727. The van der Waals surface area contributed by atoms with Gasteiger partial charge in [0, 0.05) is 12.3 Å². The van der Waals surface area contributed by atoms with Crippen LogP contribution in [0.25, 0.3) is 0 Å². The van der Waals surface area contributed by atoms with Crippen LogP contribution in [0.1, 0.15) is 36.2 Å². The molecule has 2 N–H and O–H groups in total. The van der Waals surface area contributed by atoms with Gasteiger partial charge in [-0.2, -0.15) is 0 Å². The standard InChI is InChI=1S/C16H22N2O6S/c1-4-11(2)17-16(21)18-14(19)9-24-15(20)13-7-5-12(6-8-13)10-25(3,22)23/h5-8,11H,4,9-10H2,1-3H3,(H2,17,18,19,21)/t11-/m0/s1. The van der Waals surface area contributed by atoms with Crippen LogP contribution in [0.4, 0.5) is 4.79 Å². The first-order valence-corrected chi connectivity index (χ1v) is 9.71. The van der Waals surface area contributed by atoms with Crippen molar-refractivity contribution < 1.29 is 27.5 Å². The summed E-state index contributed by atoms with van der Waals surface area (Å²) in [5, 5.41) is 4.60. The van der Waals surface area contributed by atoms with Crippen LogP contribution in [0.3, 0.4) is 0 Å². The first-order valence-electron chi connectivity index (χ1n) is 7.65. The summed E-state index contributed by atoms with van der Waals surface area (Å²) in [5.74, 6) is -1.62. The normalized spacial score (nSPS) is 12.1. The summed E-state index contributed by atoms with van der Waals surface area (Å²) in [5.41, 5.74) is 0.715. The molecule has 1 aromatic rings. The summed E-state index contributed by atoms with van der Waals surface area (Å²) in [6, 6.07) is 5.09. The fraction of sp³-hybridized carbons (Fsp3) is 0.438. The molecule has 0 heterocycles. The van der Waals surface area contributed by atoms with Gasteiger partial charge in [0.05, 0.1) is 11.3 Å². The maximum atomic E-state index is 11.8. The number of imide groups is 1. The first-order chi connectivity index (χ1) is 11.6. The molecule has 0 aliphatic carbocycles. The molecule has 0 fully saturated rings. The van der Waals surface area contributed by atoms with Gasteiger partial charge in [-0.3, -0.25) is 10.1 Å². The average molecular weight is 370 g/mol. The molecule has 0 spiro atoms. The number of hydrogen-bond donors (Lipinski definition) is 2. The lowest BCUT2D eigenvalue weighted by Crippen LogP contribution is -2.44. The number of esters is 1. The van der Waals surface area contributed by atoms with E-state index in [2.05, 4.69) is 10.6 Å². The van der Waals surface area contributed by atoms with Gasteiger partial charge in [-0.25, -0.2) is 18.0 Å². The van der Waals surface area contributed by atoms with E-state index in [9.17, 15) is 22.8 Å². The van der Waals surface area contributed by atoms with E-state index in [1.54, 1.807) is 6.92 Å². The van der Waals surface area contributed by atoms with Crippen molar-refractivity contribution in [2.75, 3.05) is 12.9 Å². The zero-order valence-electron chi connectivity index (χ0n) is 14.4. The summed E-state index contributed by atoms with van der Waals surface area (Å²) in [6.07, 6.45) is 1.83. The van der Waals surface area contributed by atoms with Crippen LogP contribution >= 0.6 is 0 Å². The van der Waals surface area contributed by atoms with Gasteiger partial charge in [-0.15, -0.1) is 0 Å². The molecule has 0 aliphatic heterocycles. The molecule has 9 heteroatoms. The second-order valence-corrected chi connectivity index (χ2v) is 7.81. The number of amides is 3. The molecule has 0 bridgehead atoms. The first kappa shape index (κ1) is 20.6. The molecular formula is C16H22N2O6S. The van der Waals surface area contributed by atoms with Crippen molar-refractivity contribution in [3.8, 4) is 0 Å². The molecule has 1 rings (SSSR count). The van der Waals surface area contributed by atoms with E-state index in [-0.39, 0.29) is 17.4 Å². The number of carbonyl (C=O) groups is 3. The van der Waals surface area contributed by atoms with Gasteiger partial charge in [0.15, 0.2) is 16.4 Å². The number of nitrogens with one attached hydrogen (secondary N) is 2. The Morgan fingerprint density at radius 2 is 1.76 bits per heavy atom. The Morgan fingerprint density at radius 3 is 2.28 bits per heavy atom. The Balaban J connectivity index is 2.48. The molecule has 1 atom stereocenters. The van der Waals surface area contributed by atoms with Crippen LogP contribution < -0.4 is 10.6 Å². The summed E-state index contributed by atoms with van der Waals surface area (Å²) in [7, 11) is -3.16. The Labute approximate surface area is 146 Å². The number of urea groups is 1. The van der Waals surface area contributed by atoms with Gasteiger partial charge in [0.25, 0.3) is 5.91 Å². The highest BCUT2D eigenvalue weighted by Gasteiger charge is 2.14. The monoisotopic (exact) mass is 370 g/mol. The molecule has 0 aliphatic rings. The lowest BCUT2D eigenvalue weighted by atomic mass is 10.1. The number of carbonyl (C=O) groups excluding carboxylic acids is 3. The van der Waals surface area contributed by atoms with Gasteiger partial charge in [0.1, 0.15) is 0 Å². The smallest absolute Gasteiger partial charge is 0.338 e. The predicted octanol–water partition coefficient (Wildman–Crippen LogP) is 1.01. The predicted molar refractivity (Wildman–Crippen MR) is 91.7 cm³/mol. The molecule has 0 saturated carbocycles. The number of rotatable bonds is 7. The fourth-order valence-corrected chi connectivity index (χ4v) is 2.58. The van der Waals surface area contributed by atoms with Crippen molar-refractivity contribution in [3.63, 3.8) is 0 Å². The Kier molecular flexibility index (Phi) is 7.56. The zero-order valence-corrected chi connectivity index (χ0v) is 15.2. The molecule has 0 aromatic heterocycles. The minimum atomic E-state index is -3.16. The number of ether oxygens (including phenoxy) is 1. The highest BCUT2D eigenvalue weighted by atomic mass is 32.2. The second kappa shape index (κ2) is 9.16. The number of sulfone groups is 1. The second-order valence-electron chi connectivity index (χ2n) is 5.67. The van der Waals surface area contributed by atoms with Gasteiger partial charge < -0.3 is 10.1 Å². The maximum Gasteiger partial charge on any atom is 0.338 e. The molecular weight excluding hydrogens is 348 g/mol. The summed E-state index contributed by atoms with van der Waals surface area (Å²) in [6.45, 7) is 3.07. The van der Waals surface area contributed by atoms with E-state index in [4.69, 9.17) is 4.74 Å². The van der Waals surface area contributed by atoms with Crippen molar-refractivity contribution in [3.05, 3.63) is 35.4 Å². The van der Waals surface area contributed by atoms with Crippen molar-refractivity contribution in [1.29, 1.82) is 0 Å². The van der Waals surface area contributed by atoms with Crippen LogP contribution in [0, 0.1) is 0 Å². The highest BCUT2D eigenvalue weighted by molar-refractivity contribution is 7.89. The minimum Gasteiger partial charge on any atom is -0.452 e. The van der Waals surface area contributed by atoms with Crippen molar-refractivity contribution in [2.24, 2.45) is 0 Å². The lowest BCUT2D eigenvalue weighted by Gasteiger charge is -2.11. The van der Waals surface area contributed by atoms with E-state index in [1.165, 1.54) is 24.3 Å².